The molecular weight excluding hydrogens is 364 g/mol. The van der Waals surface area contributed by atoms with Crippen LogP contribution in [-0.2, 0) is 0 Å². The molecule has 0 atom stereocenters. The lowest BCUT2D eigenvalue weighted by atomic mass is 9.98. The average Bonchev–Trinajstić information content (AvgIpc) is 3.10. The molecule has 0 amide bonds. The van der Waals surface area contributed by atoms with E-state index in [4.69, 9.17) is 11.6 Å². The predicted molar refractivity (Wildman–Crippen MR) is 117 cm³/mol. The molecule has 0 saturated heterocycles. The number of halogens is 1. The normalized spacial score (nSPS) is 11.0. The van der Waals surface area contributed by atoms with Crippen molar-refractivity contribution in [1.82, 2.24) is 9.55 Å². The molecule has 3 heteroatoms. The fourth-order valence-electron chi connectivity index (χ4n) is 3.75. The van der Waals surface area contributed by atoms with Gasteiger partial charge in [0.15, 0.2) is 0 Å². The van der Waals surface area contributed by atoms with E-state index in [1.807, 2.05) is 48.7 Å². The number of pyridine rings is 1. The molecule has 134 valence electrons. The standard InChI is InChI=1S/C25H17ClN2/c26-20-14-15-22-21(17-20)24(18-9-3-1-4-10-18)25(19-11-5-2-6-12-19)28(22)23-13-7-8-16-27-23/h1-17H. The number of aromatic nitrogens is 2. The van der Waals surface area contributed by atoms with Crippen molar-refractivity contribution in [3.63, 3.8) is 0 Å². The molecule has 28 heavy (non-hydrogen) atoms. The van der Waals surface area contributed by atoms with Crippen LogP contribution in [0.4, 0.5) is 0 Å². The highest BCUT2D eigenvalue weighted by atomic mass is 35.5. The molecule has 3 aromatic carbocycles. The van der Waals surface area contributed by atoms with E-state index in [2.05, 4.69) is 64.1 Å². The van der Waals surface area contributed by atoms with Crippen LogP contribution < -0.4 is 0 Å². The van der Waals surface area contributed by atoms with Crippen molar-refractivity contribution < 1.29 is 0 Å². The zero-order chi connectivity index (χ0) is 18.9. The summed E-state index contributed by atoms with van der Waals surface area (Å²) < 4.78 is 2.23. The molecule has 2 nitrogen and oxygen atoms in total. The van der Waals surface area contributed by atoms with E-state index in [1.165, 1.54) is 0 Å². The molecule has 0 N–H and O–H groups in total. The van der Waals surface area contributed by atoms with Crippen molar-refractivity contribution in [2.45, 2.75) is 0 Å². The van der Waals surface area contributed by atoms with E-state index in [0.717, 1.165) is 44.1 Å². The van der Waals surface area contributed by atoms with Gasteiger partial charge in [0, 0.05) is 22.2 Å². The molecule has 5 aromatic rings. The molecule has 0 aliphatic rings. The van der Waals surface area contributed by atoms with Crippen LogP contribution in [0.1, 0.15) is 0 Å². The van der Waals surface area contributed by atoms with E-state index in [1.54, 1.807) is 0 Å². The molecule has 0 fully saturated rings. The maximum Gasteiger partial charge on any atom is 0.137 e. The van der Waals surface area contributed by atoms with Gasteiger partial charge < -0.3 is 0 Å². The first-order valence-electron chi connectivity index (χ1n) is 9.19. The van der Waals surface area contributed by atoms with Crippen LogP contribution in [0.25, 0.3) is 39.1 Å². The highest BCUT2D eigenvalue weighted by Gasteiger charge is 2.21. The Morgan fingerprint density at radius 3 is 2.04 bits per heavy atom. The first-order chi connectivity index (χ1) is 13.8. The summed E-state index contributed by atoms with van der Waals surface area (Å²) in [4.78, 5) is 4.64. The summed E-state index contributed by atoms with van der Waals surface area (Å²) in [6.07, 6.45) is 1.83. The Kier molecular flexibility index (Phi) is 4.19. The molecule has 0 radical (unpaired) electrons. The zero-order valence-electron chi connectivity index (χ0n) is 15.1. The van der Waals surface area contributed by atoms with Crippen molar-refractivity contribution in [2.24, 2.45) is 0 Å². The summed E-state index contributed by atoms with van der Waals surface area (Å²) in [5, 5.41) is 1.84. The van der Waals surface area contributed by atoms with Crippen LogP contribution in [-0.4, -0.2) is 9.55 Å². The minimum atomic E-state index is 0.725. The van der Waals surface area contributed by atoms with E-state index in [9.17, 15) is 0 Å². The number of hydrogen-bond acceptors (Lipinski definition) is 1. The second-order valence-electron chi connectivity index (χ2n) is 6.64. The fraction of sp³-hybridized carbons (Fsp3) is 0. The molecule has 0 saturated carbocycles. The number of fused-ring (bicyclic) bond motifs is 1. The minimum Gasteiger partial charge on any atom is -0.293 e. The maximum atomic E-state index is 6.41. The SMILES string of the molecule is Clc1ccc2c(c1)c(-c1ccccc1)c(-c1ccccc1)n2-c1ccccn1. The van der Waals surface area contributed by atoms with Crippen molar-refractivity contribution in [1.29, 1.82) is 0 Å². The van der Waals surface area contributed by atoms with Crippen LogP contribution in [0.3, 0.4) is 0 Å². The Bertz CT molecular complexity index is 1240. The molecule has 0 spiro atoms. The number of benzene rings is 3. The maximum absolute atomic E-state index is 6.41. The van der Waals surface area contributed by atoms with Gasteiger partial charge >= 0.3 is 0 Å². The lowest BCUT2D eigenvalue weighted by Gasteiger charge is -2.12. The van der Waals surface area contributed by atoms with Crippen LogP contribution >= 0.6 is 11.6 Å². The highest BCUT2D eigenvalue weighted by molar-refractivity contribution is 6.31. The third-order valence-corrected chi connectivity index (χ3v) is 5.15. The monoisotopic (exact) mass is 380 g/mol. The fourth-order valence-corrected chi connectivity index (χ4v) is 3.93. The van der Waals surface area contributed by atoms with Gasteiger partial charge in [0.25, 0.3) is 0 Å². The summed E-state index contributed by atoms with van der Waals surface area (Å²) in [6, 6.07) is 33.0. The van der Waals surface area contributed by atoms with E-state index in [0.29, 0.717) is 0 Å². The third-order valence-electron chi connectivity index (χ3n) is 4.92. The van der Waals surface area contributed by atoms with Gasteiger partial charge in [-0.25, -0.2) is 4.98 Å². The summed E-state index contributed by atoms with van der Waals surface area (Å²) in [5.41, 5.74) is 5.65. The average molecular weight is 381 g/mol. The zero-order valence-corrected chi connectivity index (χ0v) is 15.8. The molecule has 0 aliphatic carbocycles. The lowest BCUT2D eigenvalue weighted by Crippen LogP contribution is -1.99. The first-order valence-corrected chi connectivity index (χ1v) is 9.57. The quantitative estimate of drug-likeness (QED) is 0.329. The summed E-state index contributed by atoms with van der Waals surface area (Å²) in [6.45, 7) is 0. The molecule has 2 aromatic heterocycles. The minimum absolute atomic E-state index is 0.725. The van der Waals surface area contributed by atoms with Gasteiger partial charge in [-0.05, 0) is 41.5 Å². The smallest absolute Gasteiger partial charge is 0.137 e. The molecule has 0 bridgehead atoms. The number of hydrogen-bond donors (Lipinski definition) is 0. The van der Waals surface area contributed by atoms with Crippen LogP contribution in [0, 0.1) is 0 Å². The molecular formula is C25H17ClN2. The van der Waals surface area contributed by atoms with Crippen molar-refractivity contribution in [3.8, 4) is 28.2 Å². The summed E-state index contributed by atoms with van der Waals surface area (Å²) >= 11 is 6.41. The van der Waals surface area contributed by atoms with Gasteiger partial charge in [-0.2, -0.15) is 0 Å². The van der Waals surface area contributed by atoms with Gasteiger partial charge in [-0.3, -0.25) is 4.57 Å². The van der Waals surface area contributed by atoms with Crippen molar-refractivity contribution in [3.05, 3.63) is 108 Å². The van der Waals surface area contributed by atoms with E-state index >= 15 is 0 Å². The van der Waals surface area contributed by atoms with Crippen LogP contribution in [0.2, 0.25) is 5.02 Å². The Morgan fingerprint density at radius 2 is 1.36 bits per heavy atom. The second-order valence-corrected chi connectivity index (χ2v) is 7.08. The van der Waals surface area contributed by atoms with Gasteiger partial charge in [0.2, 0.25) is 0 Å². The summed E-state index contributed by atoms with van der Waals surface area (Å²) in [7, 11) is 0. The lowest BCUT2D eigenvalue weighted by molar-refractivity contribution is 1.05. The number of rotatable bonds is 3. The van der Waals surface area contributed by atoms with Crippen molar-refractivity contribution >= 4 is 22.5 Å². The van der Waals surface area contributed by atoms with Crippen LogP contribution in [0.5, 0.6) is 0 Å². The molecule has 0 unspecified atom stereocenters. The second kappa shape index (κ2) is 6.99. The topological polar surface area (TPSA) is 17.8 Å². The Morgan fingerprint density at radius 1 is 0.679 bits per heavy atom. The molecule has 2 heterocycles. The van der Waals surface area contributed by atoms with Gasteiger partial charge in [-0.15, -0.1) is 0 Å². The molecule has 0 aliphatic heterocycles. The Balaban J connectivity index is 1.98. The van der Waals surface area contributed by atoms with E-state index in [-0.39, 0.29) is 0 Å². The van der Waals surface area contributed by atoms with Gasteiger partial charge in [0.05, 0.1) is 11.2 Å². The Hall–Kier alpha value is -3.36. The highest BCUT2D eigenvalue weighted by Crippen LogP contribution is 2.43. The van der Waals surface area contributed by atoms with Gasteiger partial charge in [0.1, 0.15) is 5.82 Å². The van der Waals surface area contributed by atoms with Crippen molar-refractivity contribution in [2.75, 3.05) is 0 Å². The first kappa shape index (κ1) is 16.8. The van der Waals surface area contributed by atoms with E-state index < -0.39 is 0 Å². The number of nitrogens with zero attached hydrogens (tertiary/aromatic N) is 2. The molecule has 5 rings (SSSR count). The largest absolute Gasteiger partial charge is 0.293 e. The Labute approximate surface area is 168 Å². The predicted octanol–water partition coefficient (Wildman–Crippen LogP) is 7.01. The van der Waals surface area contributed by atoms with Crippen LogP contribution in [0.15, 0.2) is 103 Å². The van der Waals surface area contributed by atoms with Gasteiger partial charge in [-0.1, -0.05) is 78.3 Å². The summed E-state index contributed by atoms with van der Waals surface area (Å²) in [5.74, 6) is 0.885. The third kappa shape index (κ3) is 2.79.